The summed E-state index contributed by atoms with van der Waals surface area (Å²) in [5.41, 5.74) is 0. The average molecular weight is 183 g/mol. The van der Waals surface area contributed by atoms with E-state index in [1.807, 2.05) is 0 Å². The second kappa shape index (κ2) is 4.43. The topological polar surface area (TPSA) is 21.3 Å². The van der Waals surface area contributed by atoms with E-state index in [4.69, 9.17) is 4.74 Å². The van der Waals surface area contributed by atoms with E-state index in [2.05, 4.69) is 12.2 Å². The summed E-state index contributed by atoms with van der Waals surface area (Å²) in [6, 6.07) is 0. The Morgan fingerprint density at radius 3 is 2.77 bits per heavy atom. The molecule has 2 rings (SSSR count). The smallest absolute Gasteiger partial charge is 0.0699 e. The zero-order valence-corrected chi connectivity index (χ0v) is 8.59. The van der Waals surface area contributed by atoms with E-state index < -0.39 is 0 Å². The maximum atomic E-state index is 5.64. The van der Waals surface area contributed by atoms with Crippen LogP contribution in [0, 0.1) is 11.8 Å². The van der Waals surface area contributed by atoms with E-state index in [1.54, 1.807) is 0 Å². The molecule has 2 aliphatic rings. The molecule has 2 nitrogen and oxygen atoms in total. The highest BCUT2D eigenvalue weighted by molar-refractivity contribution is 4.84. The lowest BCUT2D eigenvalue weighted by Gasteiger charge is -2.22. The summed E-state index contributed by atoms with van der Waals surface area (Å²) in [5, 5.41) is 3.52. The largest absolute Gasteiger partial charge is 0.377 e. The van der Waals surface area contributed by atoms with Gasteiger partial charge in [0.15, 0.2) is 0 Å². The van der Waals surface area contributed by atoms with E-state index in [1.165, 1.54) is 32.2 Å². The zero-order chi connectivity index (χ0) is 9.10. The normalized spacial score (nSPS) is 39.0. The van der Waals surface area contributed by atoms with Crippen molar-refractivity contribution in [3.63, 3.8) is 0 Å². The molecule has 0 spiro atoms. The van der Waals surface area contributed by atoms with Crippen LogP contribution in [0.4, 0.5) is 0 Å². The van der Waals surface area contributed by atoms with Gasteiger partial charge in [-0.25, -0.2) is 0 Å². The van der Waals surface area contributed by atoms with Crippen LogP contribution >= 0.6 is 0 Å². The summed E-state index contributed by atoms with van der Waals surface area (Å²) >= 11 is 0. The molecule has 1 aliphatic carbocycles. The van der Waals surface area contributed by atoms with Gasteiger partial charge in [0.05, 0.1) is 6.10 Å². The molecule has 1 saturated heterocycles. The van der Waals surface area contributed by atoms with Crippen molar-refractivity contribution < 1.29 is 4.74 Å². The highest BCUT2D eigenvalue weighted by Crippen LogP contribution is 2.36. The third-order valence-electron chi connectivity index (χ3n) is 3.33. The van der Waals surface area contributed by atoms with Gasteiger partial charge in [0.2, 0.25) is 0 Å². The predicted molar refractivity (Wildman–Crippen MR) is 53.7 cm³/mol. The Balaban J connectivity index is 1.51. The van der Waals surface area contributed by atoms with E-state index in [0.29, 0.717) is 6.10 Å². The lowest BCUT2D eigenvalue weighted by molar-refractivity contribution is 0.0169. The molecular weight excluding hydrogens is 162 g/mol. The Morgan fingerprint density at radius 2 is 2.15 bits per heavy atom. The van der Waals surface area contributed by atoms with Gasteiger partial charge in [-0.3, -0.25) is 0 Å². The molecule has 0 aromatic heterocycles. The number of rotatable bonds is 4. The molecule has 1 saturated carbocycles. The molecular formula is C11H21NO. The molecule has 1 heterocycles. The number of nitrogens with one attached hydrogen (secondary N) is 1. The minimum Gasteiger partial charge on any atom is -0.377 e. The summed E-state index contributed by atoms with van der Waals surface area (Å²) in [5.74, 6) is 1.93. The quantitative estimate of drug-likeness (QED) is 0.717. The molecule has 0 aromatic rings. The minimum absolute atomic E-state index is 0.503. The molecule has 0 amide bonds. The molecule has 3 unspecified atom stereocenters. The van der Waals surface area contributed by atoms with Crippen LogP contribution in [0.1, 0.15) is 32.6 Å². The summed E-state index contributed by atoms with van der Waals surface area (Å²) in [6.45, 7) is 5.60. The second-order valence-electron chi connectivity index (χ2n) is 4.62. The van der Waals surface area contributed by atoms with Gasteiger partial charge in [0.25, 0.3) is 0 Å². The Bertz CT molecular complexity index is 154. The van der Waals surface area contributed by atoms with E-state index in [-0.39, 0.29) is 0 Å². The first kappa shape index (κ1) is 9.47. The molecule has 0 bridgehead atoms. The molecule has 1 aliphatic heterocycles. The second-order valence-corrected chi connectivity index (χ2v) is 4.62. The fourth-order valence-electron chi connectivity index (χ4n) is 2.08. The van der Waals surface area contributed by atoms with Crippen molar-refractivity contribution >= 4 is 0 Å². The maximum Gasteiger partial charge on any atom is 0.0699 e. The van der Waals surface area contributed by atoms with Gasteiger partial charge in [-0.1, -0.05) is 6.92 Å². The van der Waals surface area contributed by atoms with Gasteiger partial charge in [-0.15, -0.1) is 0 Å². The van der Waals surface area contributed by atoms with Crippen LogP contribution in [0.25, 0.3) is 0 Å². The number of hydrogen-bond donors (Lipinski definition) is 1. The molecule has 0 aromatic carbocycles. The van der Waals surface area contributed by atoms with Crippen LogP contribution in [-0.2, 0) is 4.74 Å². The van der Waals surface area contributed by atoms with E-state index >= 15 is 0 Å². The fourth-order valence-corrected chi connectivity index (χ4v) is 2.08. The SMILES string of the molecule is CC1CC1CNCC1CCCCO1. The molecule has 3 atom stereocenters. The highest BCUT2D eigenvalue weighted by atomic mass is 16.5. The van der Waals surface area contributed by atoms with Crippen LogP contribution in [0.3, 0.4) is 0 Å². The van der Waals surface area contributed by atoms with Gasteiger partial charge in [0, 0.05) is 13.2 Å². The molecule has 76 valence electrons. The summed E-state index contributed by atoms with van der Waals surface area (Å²) in [4.78, 5) is 0. The monoisotopic (exact) mass is 183 g/mol. The van der Waals surface area contributed by atoms with Crippen LogP contribution in [0.15, 0.2) is 0 Å². The Morgan fingerprint density at radius 1 is 1.31 bits per heavy atom. The lowest BCUT2D eigenvalue weighted by Crippen LogP contribution is -2.32. The molecule has 1 N–H and O–H groups in total. The van der Waals surface area contributed by atoms with Crippen molar-refractivity contribution in [3.8, 4) is 0 Å². The van der Waals surface area contributed by atoms with Gasteiger partial charge >= 0.3 is 0 Å². The van der Waals surface area contributed by atoms with Crippen molar-refractivity contribution in [1.29, 1.82) is 0 Å². The molecule has 13 heavy (non-hydrogen) atoms. The van der Waals surface area contributed by atoms with Gasteiger partial charge in [-0.05, 0) is 44.1 Å². The van der Waals surface area contributed by atoms with Gasteiger partial charge < -0.3 is 10.1 Å². The summed E-state index contributed by atoms with van der Waals surface area (Å²) < 4.78 is 5.64. The number of ether oxygens (including phenoxy) is 1. The lowest BCUT2D eigenvalue weighted by atomic mass is 10.1. The first-order valence-electron chi connectivity index (χ1n) is 5.68. The van der Waals surface area contributed by atoms with Gasteiger partial charge in [-0.2, -0.15) is 0 Å². The Kier molecular flexibility index (Phi) is 3.23. The van der Waals surface area contributed by atoms with Crippen molar-refractivity contribution in [2.75, 3.05) is 19.7 Å². The van der Waals surface area contributed by atoms with E-state index in [9.17, 15) is 0 Å². The Hall–Kier alpha value is -0.0800. The van der Waals surface area contributed by atoms with Crippen LogP contribution in [0.2, 0.25) is 0 Å². The Labute approximate surface area is 81.0 Å². The molecule has 2 heteroatoms. The van der Waals surface area contributed by atoms with Crippen molar-refractivity contribution in [1.82, 2.24) is 5.32 Å². The summed E-state index contributed by atoms with van der Waals surface area (Å²) in [6.07, 6.45) is 5.80. The molecule has 0 radical (unpaired) electrons. The maximum absolute atomic E-state index is 5.64. The van der Waals surface area contributed by atoms with Crippen LogP contribution in [-0.4, -0.2) is 25.8 Å². The molecule has 2 fully saturated rings. The van der Waals surface area contributed by atoms with E-state index in [0.717, 1.165) is 25.0 Å². The van der Waals surface area contributed by atoms with Gasteiger partial charge in [0.1, 0.15) is 0 Å². The fraction of sp³-hybridized carbons (Fsp3) is 1.00. The first-order chi connectivity index (χ1) is 6.36. The van der Waals surface area contributed by atoms with Crippen molar-refractivity contribution in [2.24, 2.45) is 11.8 Å². The summed E-state index contributed by atoms with van der Waals surface area (Å²) in [7, 11) is 0. The van der Waals surface area contributed by atoms with Crippen molar-refractivity contribution in [3.05, 3.63) is 0 Å². The first-order valence-corrected chi connectivity index (χ1v) is 5.68. The third-order valence-corrected chi connectivity index (χ3v) is 3.33. The van der Waals surface area contributed by atoms with Crippen LogP contribution < -0.4 is 5.32 Å². The standard InChI is InChI=1S/C11H21NO/c1-9-6-10(9)7-12-8-11-4-2-3-5-13-11/h9-12H,2-8H2,1H3. The average Bonchev–Trinajstić information content (AvgIpc) is 2.84. The highest BCUT2D eigenvalue weighted by Gasteiger charge is 2.31. The third kappa shape index (κ3) is 2.96. The zero-order valence-electron chi connectivity index (χ0n) is 8.59. The van der Waals surface area contributed by atoms with Crippen molar-refractivity contribution in [2.45, 2.75) is 38.7 Å². The van der Waals surface area contributed by atoms with Crippen LogP contribution in [0.5, 0.6) is 0 Å². The number of hydrogen-bond acceptors (Lipinski definition) is 2. The predicted octanol–water partition coefficient (Wildman–Crippen LogP) is 1.80. The minimum atomic E-state index is 0.503.